The van der Waals surface area contributed by atoms with Gasteiger partial charge in [-0.15, -0.1) is 0 Å². The first kappa shape index (κ1) is 13.9. The molecule has 1 saturated heterocycles. The number of amides is 1. The lowest BCUT2D eigenvalue weighted by Gasteiger charge is -2.24. The molecular formula is C17H22N2O3. The van der Waals surface area contributed by atoms with Crippen LogP contribution in [0.5, 0.6) is 11.5 Å². The molecule has 1 aliphatic carbocycles. The summed E-state index contributed by atoms with van der Waals surface area (Å²) >= 11 is 0. The molecule has 5 heteroatoms. The summed E-state index contributed by atoms with van der Waals surface area (Å²) in [4.78, 5) is 12.4. The van der Waals surface area contributed by atoms with Crippen LogP contribution in [0.3, 0.4) is 0 Å². The van der Waals surface area contributed by atoms with Crippen molar-refractivity contribution in [2.75, 3.05) is 26.3 Å². The molecule has 1 aromatic rings. The van der Waals surface area contributed by atoms with E-state index in [1.54, 1.807) is 0 Å². The number of nitrogens with one attached hydrogen (secondary N) is 2. The zero-order valence-corrected chi connectivity index (χ0v) is 12.6. The van der Waals surface area contributed by atoms with E-state index in [-0.39, 0.29) is 11.8 Å². The predicted molar refractivity (Wildman–Crippen MR) is 82.3 cm³/mol. The van der Waals surface area contributed by atoms with Crippen molar-refractivity contribution in [3.63, 3.8) is 0 Å². The Bertz CT molecular complexity index is 569. The number of piperidine rings is 1. The molecule has 1 aromatic carbocycles. The third kappa shape index (κ3) is 2.77. The monoisotopic (exact) mass is 302 g/mol. The number of ether oxygens (including phenoxy) is 2. The van der Waals surface area contributed by atoms with Crippen molar-refractivity contribution in [1.29, 1.82) is 0 Å². The average Bonchev–Trinajstić information content (AvgIpc) is 3.36. The quantitative estimate of drug-likeness (QED) is 0.887. The van der Waals surface area contributed by atoms with E-state index >= 15 is 0 Å². The summed E-state index contributed by atoms with van der Waals surface area (Å²) in [7, 11) is 0. The molecule has 3 aliphatic rings. The molecule has 0 spiro atoms. The van der Waals surface area contributed by atoms with Gasteiger partial charge in [0.15, 0.2) is 11.5 Å². The van der Waals surface area contributed by atoms with Gasteiger partial charge in [-0.3, -0.25) is 4.79 Å². The van der Waals surface area contributed by atoms with Gasteiger partial charge in [0, 0.05) is 18.5 Å². The van der Waals surface area contributed by atoms with E-state index in [1.807, 2.05) is 12.1 Å². The number of benzene rings is 1. The van der Waals surface area contributed by atoms with E-state index in [9.17, 15) is 4.79 Å². The first-order chi connectivity index (χ1) is 10.8. The Hall–Kier alpha value is -1.75. The third-order valence-corrected chi connectivity index (χ3v) is 4.76. The lowest BCUT2D eigenvalue weighted by Crippen LogP contribution is -2.46. The second-order valence-corrected chi connectivity index (χ2v) is 6.40. The molecular weight excluding hydrogens is 280 g/mol. The van der Waals surface area contributed by atoms with Crippen molar-refractivity contribution >= 4 is 5.91 Å². The Kier molecular flexibility index (Phi) is 3.66. The van der Waals surface area contributed by atoms with Crippen LogP contribution in [0.4, 0.5) is 0 Å². The van der Waals surface area contributed by atoms with Gasteiger partial charge in [-0.1, -0.05) is 6.07 Å². The predicted octanol–water partition coefficient (Wildman–Crippen LogP) is 1.43. The highest BCUT2D eigenvalue weighted by molar-refractivity contribution is 5.83. The van der Waals surface area contributed by atoms with E-state index in [0.29, 0.717) is 25.2 Å². The molecule has 3 unspecified atom stereocenters. The molecule has 0 radical (unpaired) electrons. The molecule has 2 N–H and O–H groups in total. The normalized spacial score (nSPS) is 29.7. The fraction of sp³-hybridized carbons (Fsp3) is 0.588. The van der Waals surface area contributed by atoms with Crippen LogP contribution in [0.2, 0.25) is 0 Å². The minimum Gasteiger partial charge on any atom is -0.486 e. The minimum atomic E-state index is 0.115. The number of fused-ring (bicyclic) bond motifs is 1. The highest BCUT2D eigenvalue weighted by Crippen LogP contribution is 2.49. The second-order valence-electron chi connectivity index (χ2n) is 6.40. The fourth-order valence-corrected chi connectivity index (χ4v) is 3.43. The Morgan fingerprint density at radius 2 is 2.09 bits per heavy atom. The van der Waals surface area contributed by atoms with Crippen molar-refractivity contribution in [2.45, 2.75) is 31.2 Å². The van der Waals surface area contributed by atoms with Crippen LogP contribution in [0, 0.1) is 5.92 Å². The largest absolute Gasteiger partial charge is 0.486 e. The van der Waals surface area contributed by atoms with E-state index in [0.717, 1.165) is 43.9 Å². The lowest BCUT2D eigenvalue weighted by atomic mass is 10.1. The van der Waals surface area contributed by atoms with Crippen molar-refractivity contribution in [3.05, 3.63) is 23.8 Å². The van der Waals surface area contributed by atoms with Crippen LogP contribution < -0.4 is 20.1 Å². The highest BCUT2D eigenvalue weighted by Gasteiger charge is 2.44. The number of hydrogen-bond acceptors (Lipinski definition) is 4. The van der Waals surface area contributed by atoms with E-state index in [1.165, 1.54) is 5.56 Å². The third-order valence-electron chi connectivity index (χ3n) is 4.76. The van der Waals surface area contributed by atoms with Gasteiger partial charge < -0.3 is 20.1 Å². The van der Waals surface area contributed by atoms with Gasteiger partial charge >= 0.3 is 0 Å². The molecule has 0 aromatic heterocycles. The van der Waals surface area contributed by atoms with Crippen molar-refractivity contribution in [1.82, 2.24) is 10.6 Å². The molecule has 118 valence electrons. The maximum Gasteiger partial charge on any atom is 0.224 e. The minimum absolute atomic E-state index is 0.115. The smallest absolute Gasteiger partial charge is 0.224 e. The van der Waals surface area contributed by atoms with Gasteiger partial charge in [0.2, 0.25) is 5.91 Å². The van der Waals surface area contributed by atoms with Crippen molar-refractivity contribution < 1.29 is 14.3 Å². The van der Waals surface area contributed by atoms with E-state index < -0.39 is 0 Å². The van der Waals surface area contributed by atoms with Crippen LogP contribution in [0.25, 0.3) is 0 Å². The number of carbonyl (C=O) groups is 1. The molecule has 4 rings (SSSR count). The van der Waals surface area contributed by atoms with Crippen LogP contribution in [0.1, 0.15) is 30.7 Å². The lowest BCUT2D eigenvalue weighted by molar-refractivity contribution is -0.123. The zero-order chi connectivity index (χ0) is 14.9. The van der Waals surface area contributed by atoms with E-state index in [4.69, 9.17) is 9.47 Å². The summed E-state index contributed by atoms with van der Waals surface area (Å²) in [5, 5.41) is 6.52. The molecule has 2 aliphatic heterocycles. The van der Waals surface area contributed by atoms with Crippen LogP contribution in [-0.4, -0.2) is 38.3 Å². The first-order valence-corrected chi connectivity index (χ1v) is 8.22. The Morgan fingerprint density at radius 3 is 2.91 bits per heavy atom. The summed E-state index contributed by atoms with van der Waals surface area (Å²) in [6, 6.07) is 6.35. The van der Waals surface area contributed by atoms with Gasteiger partial charge in [-0.2, -0.15) is 0 Å². The van der Waals surface area contributed by atoms with Crippen LogP contribution in [-0.2, 0) is 4.79 Å². The zero-order valence-electron chi connectivity index (χ0n) is 12.6. The van der Waals surface area contributed by atoms with Crippen molar-refractivity contribution in [2.24, 2.45) is 5.92 Å². The molecule has 2 fully saturated rings. The van der Waals surface area contributed by atoms with Gasteiger partial charge in [0.05, 0.1) is 0 Å². The van der Waals surface area contributed by atoms with Gasteiger partial charge in [-0.25, -0.2) is 0 Å². The molecule has 1 amide bonds. The molecule has 0 bridgehead atoms. The maximum atomic E-state index is 12.4. The van der Waals surface area contributed by atoms with E-state index in [2.05, 4.69) is 16.7 Å². The number of carbonyl (C=O) groups excluding carboxylic acids is 1. The Labute approximate surface area is 130 Å². The second kappa shape index (κ2) is 5.80. The number of rotatable bonds is 3. The molecule has 5 nitrogen and oxygen atoms in total. The first-order valence-electron chi connectivity index (χ1n) is 8.22. The van der Waals surface area contributed by atoms with Gasteiger partial charge in [-0.05, 0) is 49.4 Å². The van der Waals surface area contributed by atoms with Crippen LogP contribution in [0.15, 0.2) is 18.2 Å². The molecule has 3 atom stereocenters. The standard InChI is InChI=1S/C17H22N2O3/c20-17(19-12-2-1-5-18-10-12)14-9-13(14)11-3-4-15-16(8-11)22-7-6-21-15/h3-4,8,12-14,18H,1-2,5-7,9-10H2,(H,19,20). The topological polar surface area (TPSA) is 59.6 Å². The fourth-order valence-electron chi connectivity index (χ4n) is 3.43. The highest BCUT2D eigenvalue weighted by atomic mass is 16.6. The molecule has 2 heterocycles. The summed E-state index contributed by atoms with van der Waals surface area (Å²) in [6.07, 6.45) is 3.16. The average molecular weight is 302 g/mol. The van der Waals surface area contributed by atoms with Gasteiger partial charge in [0.25, 0.3) is 0 Å². The Morgan fingerprint density at radius 1 is 1.23 bits per heavy atom. The van der Waals surface area contributed by atoms with Gasteiger partial charge in [0.1, 0.15) is 13.2 Å². The maximum absolute atomic E-state index is 12.4. The summed E-state index contributed by atoms with van der Waals surface area (Å²) in [6.45, 7) is 3.17. The van der Waals surface area contributed by atoms with Crippen molar-refractivity contribution in [3.8, 4) is 11.5 Å². The Balaban J connectivity index is 1.38. The molecule has 22 heavy (non-hydrogen) atoms. The molecule has 1 saturated carbocycles. The summed E-state index contributed by atoms with van der Waals surface area (Å²) in [5.74, 6) is 2.27. The summed E-state index contributed by atoms with van der Waals surface area (Å²) in [5.41, 5.74) is 1.19. The van der Waals surface area contributed by atoms with Crippen LogP contribution >= 0.6 is 0 Å². The SMILES string of the molecule is O=C(NC1CCCNC1)C1CC1c1ccc2c(c1)OCCO2. The summed E-state index contributed by atoms with van der Waals surface area (Å²) < 4.78 is 11.2. The number of hydrogen-bond donors (Lipinski definition) is 2.